The van der Waals surface area contributed by atoms with Gasteiger partial charge in [-0.15, -0.1) is 0 Å². The van der Waals surface area contributed by atoms with Gasteiger partial charge in [0.25, 0.3) is 0 Å². The molecule has 0 unspecified atom stereocenters. The second-order valence-corrected chi connectivity index (χ2v) is 6.27. The minimum absolute atomic E-state index is 0.250. The van der Waals surface area contributed by atoms with Gasteiger partial charge in [-0.2, -0.15) is 9.59 Å². The Labute approximate surface area is 158 Å². The molecule has 3 aromatic rings. The van der Waals surface area contributed by atoms with Gasteiger partial charge >= 0.3 is 6.15 Å². The Morgan fingerprint density at radius 3 is 2.59 bits per heavy atom. The molecule has 0 amide bonds. The summed E-state index contributed by atoms with van der Waals surface area (Å²) in [7, 11) is 0. The van der Waals surface area contributed by atoms with Gasteiger partial charge in [-0.1, -0.05) is 48.0 Å². The van der Waals surface area contributed by atoms with Crippen molar-refractivity contribution in [3.05, 3.63) is 83.7 Å². The van der Waals surface area contributed by atoms with E-state index >= 15 is 0 Å². The highest BCUT2D eigenvalue weighted by atomic mass is 16.5. The van der Waals surface area contributed by atoms with Crippen molar-refractivity contribution in [1.29, 1.82) is 0 Å². The van der Waals surface area contributed by atoms with Gasteiger partial charge in [0.1, 0.15) is 12.4 Å². The molecule has 0 spiro atoms. The lowest BCUT2D eigenvalue weighted by atomic mass is 10.2. The molecule has 0 bridgehead atoms. The summed E-state index contributed by atoms with van der Waals surface area (Å²) in [6, 6.07) is 19.0. The van der Waals surface area contributed by atoms with E-state index in [0.717, 1.165) is 30.0 Å². The summed E-state index contributed by atoms with van der Waals surface area (Å²) in [4.78, 5) is 22.9. The van der Waals surface area contributed by atoms with Crippen molar-refractivity contribution in [3.63, 3.8) is 0 Å². The maximum Gasteiger partial charge on any atom is 0.373 e. The fraction of sp³-hybridized carbons (Fsp3) is 0.182. The third-order valence-corrected chi connectivity index (χ3v) is 4.42. The van der Waals surface area contributed by atoms with Crippen LogP contribution in [0, 0.1) is 6.92 Å². The van der Waals surface area contributed by atoms with Crippen molar-refractivity contribution in [2.24, 2.45) is 0 Å². The third-order valence-electron chi connectivity index (χ3n) is 4.42. The van der Waals surface area contributed by atoms with Crippen LogP contribution < -0.4 is 9.64 Å². The fourth-order valence-corrected chi connectivity index (χ4v) is 3.09. The lowest BCUT2D eigenvalue weighted by molar-refractivity contribution is -0.191. The van der Waals surface area contributed by atoms with Crippen molar-refractivity contribution in [1.82, 2.24) is 4.98 Å². The minimum Gasteiger partial charge on any atom is -0.487 e. The lowest BCUT2D eigenvalue weighted by Gasteiger charge is -2.19. The van der Waals surface area contributed by atoms with E-state index in [2.05, 4.69) is 71.4 Å². The van der Waals surface area contributed by atoms with Crippen molar-refractivity contribution in [3.8, 4) is 5.75 Å². The zero-order chi connectivity index (χ0) is 19.1. The molecule has 136 valence electrons. The molecular weight excluding hydrogens is 340 g/mol. The Bertz CT molecular complexity index is 932. The van der Waals surface area contributed by atoms with E-state index in [0.29, 0.717) is 6.61 Å². The number of pyridine rings is 1. The lowest BCUT2D eigenvalue weighted by Crippen LogP contribution is -2.13. The van der Waals surface area contributed by atoms with E-state index in [4.69, 9.17) is 14.3 Å². The van der Waals surface area contributed by atoms with Gasteiger partial charge in [0.2, 0.25) is 0 Å². The largest absolute Gasteiger partial charge is 0.487 e. The van der Waals surface area contributed by atoms with Crippen molar-refractivity contribution in [2.45, 2.75) is 20.0 Å². The summed E-state index contributed by atoms with van der Waals surface area (Å²) in [5, 5.41) is 0. The Morgan fingerprint density at radius 2 is 1.81 bits per heavy atom. The van der Waals surface area contributed by atoms with E-state index < -0.39 is 0 Å². The highest BCUT2D eigenvalue weighted by Gasteiger charge is 2.20. The summed E-state index contributed by atoms with van der Waals surface area (Å²) in [6.45, 7) is 3.64. The number of anilines is 2. The van der Waals surface area contributed by atoms with Gasteiger partial charge in [0.05, 0.1) is 18.1 Å². The molecule has 2 aromatic carbocycles. The molecule has 0 saturated heterocycles. The van der Waals surface area contributed by atoms with E-state index in [1.165, 1.54) is 16.8 Å². The predicted molar refractivity (Wildman–Crippen MR) is 102 cm³/mol. The van der Waals surface area contributed by atoms with Crippen LogP contribution in [-0.2, 0) is 22.6 Å². The molecule has 0 radical (unpaired) electrons. The quantitative estimate of drug-likeness (QED) is 0.702. The van der Waals surface area contributed by atoms with Crippen LogP contribution in [0.2, 0.25) is 0 Å². The molecule has 0 saturated carbocycles. The average molecular weight is 360 g/mol. The smallest absolute Gasteiger partial charge is 0.373 e. The van der Waals surface area contributed by atoms with Crippen LogP contribution in [0.4, 0.5) is 11.4 Å². The molecule has 1 aromatic heterocycles. The van der Waals surface area contributed by atoms with E-state index in [1.807, 2.05) is 6.20 Å². The Morgan fingerprint density at radius 1 is 1.07 bits per heavy atom. The number of hydrogen-bond donors (Lipinski definition) is 0. The molecule has 5 nitrogen and oxygen atoms in total. The number of aromatic nitrogens is 1. The molecule has 5 heteroatoms. The Kier molecular flexibility index (Phi) is 5.98. The van der Waals surface area contributed by atoms with Crippen molar-refractivity contribution >= 4 is 17.5 Å². The van der Waals surface area contributed by atoms with E-state index in [1.54, 1.807) is 6.20 Å². The zero-order valence-electron chi connectivity index (χ0n) is 15.1. The first kappa shape index (κ1) is 18.4. The average Bonchev–Trinajstić information content (AvgIpc) is 3.13. The summed E-state index contributed by atoms with van der Waals surface area (Å²) < 4.78 is 5.93. The van der Waals surface area contributed by atoms with Crippen molar-refractivity contribution in [2.75, 3.05) is 11.4 Å². The molecule has 0 fully saturated rings. The highest BCUT2D eigenvalue weighted by Crippen LogP contribution is 2.35. The normalized spacial score (nSPS) is 11.8. The minimum atomic E-state index is 0.250. The molecule has 0 atom stereocenters. The van der Waals surface area contributed by atoms with Crippen LogP contribution in [0.15, 0.2) is 67.0 Å². The number of para-hydroxylation sites is 1. The number of hydrogen-bond acceptors (Lipinski definition) is 5. The monoisotopic (exact) mass is 360 g/mol. The Balaban J connectivity index is 0.000000659. The van der Waals surface area contributed by atoms with Gasteiger partial charge in [-0.3, -0.25) is 4.98 Å². The molecule has 0 N–H and O–H groups in total. The topological polar surface area (TPSA) is 59.5 Å². The standard InChI is InChI=1S/C21H20N2O.CO2/c1-16-6-8-17(9-7-16)15-24-20-12-19(13-22-14-20)23-11-10-18-4-2-3-5-21(18)23;2-1-3/h2-9,12-14H,10-11,15H2,1H3;. The van der Waals surface area contributed by atoms with Gasteiger partial charge in [-0.25, -0.2) is 0 Å². The summed E-state index contributed by atoms with van der Waals surface area (Å²) in [5.74, 6) is 0.803. The summed E-state index contributed by atoms with van der Waals surface area (Å²) >= 11 is 0. The first-order chi connectivity index (χ1) is 13.2. The zero-order valence-corrected chi connectivity index (χ0v) is 15.1. The number of nitrogens with zero attached hydrogens (tertiary/aromatic N) is 2. The summed E-state index contributed by atoms with van der Waals surface area (Å²) in [5.41, 5.74) is 6.17. The number of fused-ring (bicyclic) bond motifs is 1. The first-order valence-corrected chi connectivity index (χ1v) is 8.69. The fourth-order valence-electron chi connectivity index (χ4n) is 3.09. The van der Waals surface area contributed by atoms with Crippen LogP contribution in [0.25, 0.3) is 0 Å². The number of benzene rings is 2. The summed E-state index contributed by atoms with van der Waals surface area (Å²) in [6.07, 6.45) is 5.01. The third kappa shape index (κ3) is 4.60. The van der Waals surface area contributed by atoms with Crippen LogP contribution in [-0.4, -0.2) is 17.7 Å². The highest BCUT2D eigenvalue weighted by molar-refractivity contribution is 5.69. The molecule has 1 aliphatic heterocycles. The van der Waals surface area contributed by atoms with Gasteiger partial charge in [-0.05, 0) is 30.5 Å². The van der Waals surface area contributed by atoms with Crippen LogP contribution in [0.5, 0.6) is 5.75 Å². The Hall–Kier alpha value is -3.43. The predicted octanol–water partition coefficient (Wildman–Crippen LogP) is 4.08. The van der Waals surface area contributed by atoms with Crippen LogP contribution in [0.3, 0.4) is 0 Å². The first-order valence-electron chi connectivity index (χ1n) is 8.69. The van der Waals surface area contributed by atoms with Gasteiger partial charge < -0.3 is 9.64 Å². The number of rotatable bonds is 4. The number of ether oxygens (including phenoxy) is 1. The molecule has 4 rings (SSSR count). The molecule has 2 heterocycles. The maximum atomic E-state index is 8.12. The second kappa shape index (κ2) is 8.79. The van der Waals surface area contributed by atoms with E-state index in [-0.39, 0.29) is 6.15 Å². The number of carbonyl (C=O) groups excluding carboxylic acids is 2. The SMILES string of the molecule is Cc1ccc(COc2cncc(N3CCc4ccccc43)c2)cc1.O=C=O. The van der Waals surface area contributed by atoms with E-state index in [9.17, 15) is 0 Å². The molecule has 1 aliphatic rings. The maximum absolute atomic E-state index is 8.12. The van der Waals surface area contributed by atoms with Crippen LogP contribution >= 0.6 is 0 Å². The molecule has 27 heavy (non-hydrogen) atoms. The molecule has 0 aliphatic carbocycles. The second-order valence-electron chi connectivity index (χ2n) is 6.27. The van der Waals surface area contributed by atoms with Crippen molar-refractivity contribution < 1.29 is 14.3 Å². The van der Waals surface area contributed by atoms with Gasteiger partial charge in [0, 0.05) is 18.3 Å². The van der Waals surface area contributed by atoms with Crippen LogP contribution in [0.1, 0.15) is 16.7 Å². The van der Waals surface area contributed by atoms with Gasteiger partial charge in [0.15, 0.2) is 0 Å². The number of aryl methyl sites for hydroxylation is 1. The molecular formula is C22H20N2O3.